The zero-order valence-electron chi connectivity index (χ0n) is 11.5. The summed E-state index contributed by atoms with van der Waals surface area (Å²) in [4.78, 5) is 2.65. The van der Waals surface area contributed by atoms with Crippen LogP contribution in [0.3, 0.4) is 0 Å². The van der Waals surface area contributed by atoms with E-state index in [2.05, 4.69) is 24.1 Å². The lowest BCUT2D eigenvalue weighted by Crippen LogP contribution is -2.43. The summed E-state index contributed by atoms with van der Waals surface area (Å²) in [7, 11) is 2.33. The van der Waals surface area contributed by atoms with Gasteiger partial charge in [-0.1, -0.05) is 18.9 Å². The quantitative estimate of drug-likeness (QED) is 0.721. The summed E-state index contributed by atoms with van der Waals surface area (Å²) < 4.78 is 0. The van der Waals surface area contributed by atoms with Crippen LogP contribution in [-0.2, 0) is 11.8 Å². The molecule has 2 nitrogen and oxygen atoms in total. The van der Waals surface area contributed by atoms with Crippen molar-refractivity contribution < 1.29 is 5.11 Å². The molecule has 5 atom stereocenters. The summed E-state index contributed by atoms with van der Waals surface area (Å²) in [5, 5.41) is 9.92. The molecule has 1 saturated heterocycles. The number of likely N-dealkylation sites (tertiary alicyclic amines) is 1. The van der Waals surface area contributed by atoms with Gasteiger partial charge in [-0.25, -0.2) is 0 Å². The Morgan fingerprint density at radius 1 is 1.32 bits per heavy atom. The molecule has 0 radical (unpaired) electrons. The highest BCUT2D eigenvalue weighted by Crippen LogP contribution is 2.71. The fourth-order valence-corrected chi connectivity index (χ4v) is 6.15. The standard InChI is InChI=1S/C17H21NO/c1-18-15-13-4-2-3-7-16(13)10-17(15,18)9-11-5-6-12(19)8-14(11)16/h5-6,8,13,15,19H,2-4,7,9-10H2,1H3. The van der Waals surface area contributed by atoms with Crippen LogP contribution in [0.5, 0.6) is 5.75 Å². The number of phenolic OH excluding ortho intramolecular Hbond substituents is 1. The van der Waals surface area contributed by atoms with Gasteiger partial charge in [0, 0.05) is 17.0 Å². The summed E-state index contributed by atoms with van der Waals surface area (Å²) in [6.07, 6.45) is 8.08. The van der Waals surface area contributed by atoms with E-state index in [0.29, 0.717) is 16.7 Å². The van der Waals surface area contributed by atoms with Crippen molar-refractivity contribution in [2.45, 2.75) is 55.5 Å². The maximum atomic E-state index is 9.92. The number of rotatable bonds is 0. The predicted molar refractivity (Wildman–Crippen MR) is 74.3 cm³/mol. The molecule has 1 heterocycles. The number of likely N-dealkylation sites (N-methyl/N-ethyl adjacent to an activating group) is 1. The van der Waals surface area contributed by atoms with E-state index in [1.807, 2.05) is 6.07 Å². The molecule has 1 aromatic rings. The first-order valence-corrected chi connectivity index (χ1v) is 7.73. The average Bonchev–Trinajstić information content (AvgIpc) is 2.84. The van der Waals surface area contributed by atoms with Gasteiger partial charge in [0.1, 0.15) is 5.75 Å². The van der Waals surface area contributed by atoms with Crippen molar-refractivity contribution in [1.82, 2.24) is 4.90 Å². The summed E-state index contributed by atoms with van der Waals surface area (Å²) >= 11 is 0. The second-order valence-corrected chi connectivity index (χ2v) is 7.36. The number of fused-ring (bicyclic) bond motifs is 2. The topological polar surface area (TPSA) is 23.2 Å². The summed E-state index contributed by atoms with van der Waals surface area (Å²) in [6.45, 7) is 0. The van der Waals surface area contributed by atoms with E-state index in [0.717, 1.165) is 12.0 Å². The van der Waals surface area contributed by atoms with Gasteiger partial charge < -0.3 is 5.11 Å². The Hall–Kier alpha value is -1.02. The van der Waals surface area contributed by atoms with Crippen molar-refractivity contribution in [1.29, 1.82) is 0 Å². The molecule has 5 rings (SSSR count). The van der Waals surface area contributed by atoms with Gasteiger partial charge in [-0.3, -0.25) is 4.90 Å². The van der Waals surface area contributed by atoms with Crippen LogP contribution in [0, 0.1) is 5.92 Å². The minimum Gasteiger partial charge on any atom is -0.508 e. The number of piperidine rings is 1. The second-order valence-electron chi connectivity index (χ2n) is 7.36. The van der Waals surface area contributed by atoms with Crippen LogP contribution >= 0.6 is 0 Å². The van der Waals surface area contributed by atoms with Gasteiger partial charge in [-0.15, -0.1) is 0 Å². The van der Waals surface area contributed by atoms with Gasteiger partial charge in [-0.05, 0) is 61.9 Å². The molecule has 1 aliphatic heterocycles. The van der Waals surface area contributed by atoms with Crippen molar-refractivity contribution in [3.63, 3.8) is 0 Å². The fraction of sp³-hybridized carbons (Fsp3) is 0.647. The molecule has 1 N–H and O–H groups in total. The smallest absolute Gasteiger partial charge is 0.115 e. The lowest BCUT2D eigenvalue weighted by atomic mass is 9.60. The number of hydrogen-bond acceptors (Lipinski definition) is 2. The van der Waals surface area contributed by atoms with Gasteiger partial charge >= 0.3 is 0 Å². The van der Waals surface area contributed by atoms with Gasteiger partial charge in [0.25, 0.3) is 0 Å². The molecule has 4 aliphatic rings. The predicted octanol–water partition coefficient (Wildman–Crippen LogP) is 2.83. The third kappa shape index (κ3) is 1.02. The van der Waals surface area contributed by atoms with Crippen LogP contribution in [0.1, 0.15) is 43.2 Å². The lowest BCUT2D eigenvalue weighted by Gasteiger charge is -2.46. The summed E-state index contributed by atoms with van der Waals surface area (Å²) in [5.74, 6) is 1.30. The lowest BCUT2D eigenvalue weighted by molar-refractivity contribution is 0.148. The molecule has 2 bridgehead atoms. The van der Waals surface area contributed by atoms with Crippen LogP contribution < -0.4 is 0 Å². The SMILES string of the molecule is CN1C2C3CCCCC34CC21Cc1ccc(O)cc14. The highest BCUT2D eigenvalue weighted by atomic mass is 16.3. The van der Waals surface area contributed by atoms with Crippen molar-refractivity contribution in [3.8, 4) is 5.75 Å². The van der Waals surface area contributed by atoms with Crippen LogP contribution in [0.2, 0.25) is 0 Å². The fourth-order valence-electron chi connectivity index (χ4n) is 6.15. The van der Waals surface area contributed by atoms with E-state index in [9.17, 15) is 5.11 Å². The molecule has 2 spiro atoms. The number of hydrogen-bond donors (Lipinski definition) is 1. The van der Waals surface area contributed by atoms with Crippen LogP contribution in [0.15, 0.2) is 18.2 Å². The van der Waals surface area contributed by atoms with Gasteiger partial charge in [0.2, 0.25) is 0 Å². The van der Waals surface area contributed by atoms with E-state index in [-0.39, 0.29) is 0 Å². The Morgan fingerprint density at radius 2 is 2.21 bits per heavy atom. The highest BCUT2D eigenvalue weighted by Gasteiger charge is 2.76. The molecule has 19 heavy (non-hydrogen) atoms. The molecule has 2 heteroatoms. The summed E-state index contributed by atoms with van der Waals surface area (Å²) in [6, 6.07) is 6.98. The molecule has 100 valence electrons. The van der Waals surface area contributed by atoms with E-state index in [4.69, 9.17) is 0 Å². The van der Waals surface area contributed by atoms with Crippen molar-refractivity contribution >= 4 is 0 Å². The van der Waals surface area contributed by atoms with E-state index in [1.165, 1.54) is 49.7 Å². The Bertz CT molecular complexity index is 583. The molecule has 0 aromatic heterocycles. The zero-order chi connectivity index (χ0) is 12.8. The maximum Gasteiger partial charge on any atom is 0.115 e. The van der Waals surface area contributed by atoms with Crippen molar-refractivity contribution in [2.24, 2.45) is 5.92 Å². The van der Waals surface area contributed by atoms with Gasteiger partial charge in [0.05, 0.1) is 0 Å². The van der Waals surface area contributed by atoms with E-state index in [1.54, 1.807) is 0 Å². The molecule has 2 saturated carbocycles. The largest absolute Gasteiger partial charge is 0.508 e. The molecule has 1 aromatic carbocycles. The van der Waals surface area contributed by atoms with E-state index < -0.39 is 0 Å². The minimum atomic E-state index is 0.405. The highest BCUT2D eigenvalue weighted by molar-refractivity contribution is 5.52. The Labute approximate surface area is 114 Å². The van der Waals surface area contributed by atoms with Gasteiger partial charge in [0.15, 0.2) is 0 Å². The van der Waals surface area contributed by atoms with Crippen molar-refractivity contribution in [3.05, 3.63) is 29.3 Å². The second kappa shape index (κ2) is 3.01. The minimum absolute atomic E-state index is 0.405. The first-order valence-electron chi connectivity index (χ1n) is 7.73. The number of aromatic hydroxyl groups is 1. The van der Waals surface area contributed by atoms with Gasteiger partial charge in [-0.2, -0.15) is 0 Å². The monoisotopic (exact) mass is 255 g/mol. The van der Waals surface area contributed by atoms with Crippen LogP contribution in [0.4, 0.5) is 0 Å². The van der Waals surface area contributed by atoms with Crippen LogP contribution in [-0.4, -0.2) is 28.6 Å². The summed E-state index contributed by atoms with van der Waals surface area (Å²) in [5.41, 5.74) is 3.91. The normalized spacial score (nSPS) is 49.2. The van der Waals surface area contributed by atoms with E-state index >= 15 is 0 Å². The van der Waals surface area contributed by atoms with Crippen LogP contribution in [0.25, 0.3) is 0 Å². The Morgan fingerprint density at radius 3 is 3.11 bits per heavy atom. The molecule has 5 unspecified atom stereocenters. The Kier molecular flexibility index (Phi) is 1.70. The molecular weight excluding hydrogens is 234 g/mol. The number of benzene rings is 1. The Balaban J connectivity index is 1.76. The first-order chi connectivity index (χ1) is 9.17. The molecule has 3 fully saturated rings. The molecular formula is C17H21NO. The molecule has 0 amide bonds. The average molecular weight is 255 g/mol. The number of nitrogens with zero attached hydrogens (tertiary/aromatic N) is 1. The van der Waals surface area contributed by atoms with Crippen molar-refractivity contribution in [2.75, 3.05) is 7.05 Å². The zero-order valence-corrected chi connectivity index (χ0v) is 11.5. The third-order valence-corrected chi connectivity index (χ3v) is 6.83. The molecule has 3 aliphatic carbocycles. The third-order valence-electron chi connectivity index (χ3n) is 6.83. The number of phenols is 1. The maximum absolute atomic E-state index is 9.92. The first kappa shape index (κ1) is 10.7.